The van der Waals surface area contributed by atoms with Gasteiger partial charge in [0, 0.05) is 11.4 Å². The molecule has 2 unspecified atom stereocenters. The molecular formula is C20H25NO2S. The van der Waals surface area contributed by atoms with Crippen LogP contribution in [-0.2, 0) is 11.2 Å². The maximum Gasteiger partial charge on any atom is 0.237 e. The highest BCUT2D eigenvalue weighted by molar-refractivity contribution is 8.00. The fourth-order valence-electron chi connectivity index (χ4n) is 2.51. The summed E-state index contributed by atoms with van der Waals surface area (Å²) in [5, 5.41) is 13.0. The van der Waals surface area contributed by atoms with Gasteiger partial charge >= 0.3 is 0 Å². The number of aliphatic hydroxyl groups is 1. The minimum Gasteiger partial charge on any atom is -0.388 e. The van der Waals surface area contributed by atoms with Crippen molar-refractivity contribution in [3.05, 3.63) is 65.2 Å². The molecule has 2 aromatic rings. The van der Waals surface area contributed by atoms with Crippen LogP contribution in [0.25, 0.3) is 0 Å². The van der Waals surface area contributed by atoms with E-state index in [2.05, 4.69) is 12.2 Å². The lowest BCUT2D eigenvalue weighted by molar-refractivity contribution is -0.115. The minimum absolute atomic E-state index is 0.0238. The van der Waals surface area contributed by atoms with Crippen LogP contribution < -0.4 is 5.32 Å². The average Bonchev–Trinajstić information content (AvgIpc) is 2.61. The second kappa shape index (κ2) is 8.90. The number of para-hydroxylation sites is 1. The third-order valence-corrected chi connectivity index (χ3v) is 5.27. The van der Waals surface area contributed by atoms with E-state index in [-0.39, 0.29) is 11.2 Å². The number of carbonyl (C=O) groups excluding carboxylic acids is 1. The molecule has 0 aliphatic heterocycles. The zero-order valence-corrected chi connectivity index (χ0v) is 15.3. The Labute approximate surface area is 148 Å². The Morgan fingerprint density at radius 1 is 1.17 bits per heavy atom. The molecule has 24 heavy (non-hydrogen) atoms. The topological polar surface area (TPSA) is 49.3 Å². The number of benzene rings is 2. The van der Waals surface area contributed by atoms with Crippen LogP contribution in [0.3, 0.4) is 0 Å². The second-order valence-electron chi connectivity index (χ2n) is 5.85. The Bertz CT molecular complexity index is 673. The van der Waals surface area contributed by atoms with Gasteiger partial charge in [0.1, 0.15) is 0 Å². The molecule has 3 nitrogen and oxygen atoms in total. The molecule has 0 aliphatic carbocycles. The lowest BCUT2D eigenvalue weighted by atomic mass is 10.1. The van der Waals surface area contributed by atoms with Gasteiger partial charge in [-0.25, -0.2) is 0 Å². The molecule has 1 amide bonds. The zero-order valence-electron chi connectivity index (χ0n) is 14.5. The summed E-state index contributed by atoms with van der Waals surface area (Å²) in [6.45, 7) is 5.96. The van der Waals surface area contributed by atoms with Crippen molar-refractivity contribution in [2.45, 2.75) is 38.5 Å². The summed E-state index contributed by atoms with van der Waals surface area (Å²) in [6.07, 6.45) is 0.321. The van der Waals surface area contributed by atoms with E-state index in [4.69, 9.17) is 0 Å². The van der Waals surface area contributed by atoms with Gasteiger partial charge in [0.2, 0.25) is 5.91 Å². The lowest BCUT2D eigenvalue weighted by Crippen LogP contribution is -2.24. The molecule has 2 aromatic carbocycles. The number of aliphatic hydroxyl groups excluding tert-OH is 1. The normalized spacial score (nSPS) is 13.3. The standard InChI is InChI=1S/C20H25NO2S/c1-4-16-12-8-9-14(2)19(16)21-20(23)15(3)24-13-18(22)17-10-6-5-7-11-17/h5-12,15,18,22H,4,13H2,1-3H3,(H,21,23). The molecule has 2 N–H and O–H groups in total. The first-order valence-corrected chi connectivity index (χ1v) is 9.31. The summed E-state index contributed by atoms with van der Waals surface area (Å²) in [5.41, 5.74) is 4.01. The summed E-state index contributed by atoms with van der Waals surface area (Å²) in [6, 6.07) is 15.6. The van der Waals surface area contributed by atoms with Crippen LogP contribution in [-0.4, -0.2) is 22.0 Å². The highest BCUT2D eigenvalue weighted by atomic mass is 32.2. The fraction of sp³-hybridized carbons (Fsp3) is 0.350. The Morgan fingerprint density at radius 3 is 2.54 bits per heavy atom. The van der Waals surface area contributed by atoms with Crippen molar-refractivity contribution in [1.82, 2.24) is 0 Å². The van der Waals surface area contributed by atoms with E-state index in [0.717, 1.165) is 28.8 Å². The van der Waals surface area contributed by atoms with Crippen molar-refractivity contribution < 1.29 is 9.90 Å². The van der Waals surface area contributed by atoms with Crippen LogP contribution in [0, 0.1) is 6.92 Å². The zero-order chi connectivity index (χ0) is 17.5. The molecule has 0 saturated carbocycles. The summed E-state index contributed by atoms with van der Waals surface area (Å²) < 4.78 is 0. The van der Waals surface area contributed by atoms with Crippen LogP contribution >= 0.6 is 11.8 Å². The molecule has 0 spiro atoms. The van der Waals surface area contributed by atoms with E-state index < -0.39 is 6.10 Å². The maximum absolute atomic E-state index is 12.5. The summed E-state index contributed by atoms with van der Waals surface area (Å²) in [5.74, 6) is 0.469. The number of hydrogen-bond donors (Lipinski definition) is 2. The third kappa shape index (κ3) is 4.86. The number of thioether (sulfide) groups is 1. The van der Waals surface area contributed by atoms with Crippen molar-refractivity contribution in [1.29, 1.82) is 0 Å². The van der Waals surface area contributed by atoms with Gasteiger partial charge in [0.25, 0.3) is 0 Å². The molecule has 4 heteroatoms. The first-order valence-electron chi connectivity index (χ1n) is 8.27. The van der Waals surface area contributed by atoms with Gasteiger partial charge in [-0.2, -0.15) is 0 Å². The minimum atomic E-state index is -0.559. The molecule has 128 valence electrons. The molecule has 0 aromatic heterocycles. The van der Waals surface area contributed by atoms with Gasteiger partial charge in [-0.15, -0.1) is 11.8 Å². The predicted molar refractivity (Wildman–Crippen MR) is 103 cm³/mol. The van der Waals surface area contributed by atoms with E-state index in [1.165, 1.54) is 11.8 Å². The Balaban J connectivity index is 1.93. The molecule has 2 rings (SSSR count). The van der Waals surface area contributed by atoms with Crippen LogP contribution in [0.2, 0.25) is 0 Å². The van der Waals surface area contributed by atoms with Crippen LogP contribution in [0.15, 0.2) is 48.5 Å². The van der Waals surface area contributed by atoms with Crippen molar-refractivity contribution >= 4 is 23.4 Å². The second-order valence-corrected chi connectivity index (χ2v) is 7.23. The number of rotatable bonds is 7. The van der Waals surface area contributed by atoms with Gasteiger partial charge in [0.15, 0.2) is 0 Å². The smallest absolute Gasteiger partial charge is 0.237 e. The highest BCUT2D eigenvalue weighted by Crippen LogP contribution is 2.25. The van der Waals surface area contributed by atoms with Gasteiger partial charge in [-0.3, -0.25) is 4.79 Å². The van der Waals surface area contributed by atoms with Crippen molar-refractivity contribution in [2.24, 2.45) is 0 Å². The van der Waals surface area contributed by atoms with Crippen LogP contribution in [0.5, 0.6) is 0 Å². The summed E-state index contributed by atoms with van der Waals surface area (Å²) >= 11 is 1.46. The van der Waals surface area contributed by atoms with Gasteiger partial charge in [-0.1, -0.05) is 55.5 Å². The van der Waals surface area contributed by atoms with E-state index >= 15 is 0 Å². The molecule has 0 saturated heterocycles. The Hall–Kier alpha value is -1.78. The molecule has 0 heterocycles. The van der Waals surface area contributed by atoms with Crippen molar-refractivity contribution in [3.63, 3.8) is 0 Å². The number of hydrogen-bond acceptors (Lipinski definition) is 3. The van der Waals surface area contributed by atoms with Crippen molar-refractivity contribution in [3.8, 4) is 0 Å². The van der Waals surface area contributed by atoms with E-state index in [9.17, 15) is 9.90 Å². The van der Waals surface area contributed by atoms with E-state index in [1.807, 2.05) is 62.4 Å². The molecular weight excluding hydrogens is 318 g/mol. The molecule has 2 atom stereocenters. The number of nitrogens with one attached hydrogen (secondary N) is 1. The van der Waals surface area contributed by atoms with Gasteiger partial charge < -0.3 is 10.4 Å². The Kier molecular flexibility index (Phi) is 6.88. The molecule has 0 aliphatic rings. The van der Waals surface area contributed by atoms with E-state index in [0.29, 0.717) is 5.75 Å². The fourth-order valence-corrected chi connectivity index (χ4v) is 3.38. The van der Waals surface area contributed by atoms with E-state index in [1.54, 1.807) is 0 Å². The molecule has 0 radical (unpaired) electrons. The maximum atomic E-state index is 12.5. The van der Waals surface area contributed by atoms with Crippen LogP contribution in [0.1, 0.15) is 36.6 Å². The predicted octanol–water partition coefficient (Wildman–Crippen LogP) is 4.35. The average molecular weight is 343 g/mol. The highest BCUT2D eigenvalue weighted by Gasteiger charge is 2.18. The van der Waals surface area contributed by atoms with Gasteiger partial charge in [0.05, 0.1) is 11.4 Å². The monoisotopic (exact) mass is 343 g/mol. The number of amides is 1. The number of aryl methyl sites for hydroxylation is 2. The summed E-state index contributed by atoms with van der Waals surface area (Å²) in [4.78, 5) is 12.5. The van der Waals surface area contributed by atoms with Gasteiger partial charge in [-0.05, 0) is 37.0 Å². The SMILES string of the molecule is CCc1cccc(C)c1NC(=O)C(C)SCC(O)c1ccccc1. The number of anilines is 1. The van der Waals surface area contributed by atoms with Crippen LogP contribution in [0.4, 0.5) is 5.69 Å². The Morgan fingerprint density at radius 2 is 1.88 bits per heavy atom. The quantitative estimate of drug-likeness (QED) is 0.786. The number of carbonyl (C=O) groups is 1. The largest absolute Gasteiger partial charge is 0.388 e. The lowest BCUT2D eigenvalue weighted by Gasteiger charge is -2.17. The van der Waals surface area contributed by atoms with Crippen molar-refractivity contribution in [2.75, 3.05) is 11.1 Å². The summed E-state index contributed by atoms with van der Waals surface area (Å²) in [7, 11) is 0. The molecule has 0 fully saturated rings. The first-order chi connectivity index (χ1) is 11.5. The first kappa shape index (κ1) is 18.6. The third-order valence-electron chi connectivity index (χ3n) is 4.05. The molecule has 0 bridgehead atoms.